The van der Waals surface area contributed by atoms with E-state index in [1.807, 2.05) is 37.0 Å². The van der Waals surface area contributed by atoms with E-state index < -0.39 is 0 Å². The number of hydrogen-bond acceptors (Lipinski definition) is 3. The Hall–Kier alpha value is -3.21. The molecule has 1 heterocycles. The molecule has 1 saturated heterocycles. The molecule has 1 aliphatic heterocycles. The number of aliphatic imine (C=N–C) groups is 1. The molecule has 0 radical (unpaired) electrons. The Labute approximate surface area is 198 Å². The Bertz CT molecular complexity index is 1010. The van der Waals surface area contributed by atoms with Crippen LogP contribution in [0.3, 0.4) is 0 Å². The third kappa shape index (κ3) is 6.41. The molecule has 0 N–H and O–H groups in total. The lowest BCUT2D eigenvalue weighted by atomic mass is 9.92. The second-order valence-corrected chi connectivity index (χ2v) is 8.76. The summed E-state index contributed by atoms with van der Waals surface area (Å²) in [6.45, 7) is 20.8. The number of hydrogen-bond donors (Lipinski definition) is 0. The fourth-order valence-corrected chi connectivity index (χ4v) is 4.29. The van der Waals surface area contributed by atoms with Crippen molar-refractivity contribution >= 4 is 29.3 Å². The first-order valence-electron chi connectivity index (χ1n) is 11.4. The van der Waals surface area contributed by atoms with Crippen molar-refractivity contribution in [3.63, 3.8) is 0 Å². The molecule has 2 amide bonds. The number of amidine groups is 1. The van der Waals surface area contributed by atoms with Crippen molar-refractivity contribution in [1.29, 1.82) is 0 Å². The summed E-state index contributed by atoms with van der Waals surface area (Å²) in [6, 6.07) is 6.11. The molecule has 0 saturated carbocycles. The molecule has 0 bridgehead atoms. The SMILES string of the molecule is C=C/C(C(=NC(=C)C)N(C)C(=O)CC1CCN(C(C)=O)CC1)=C(/C)c1cccc(C)c1C=C. The Morgan fingerprint density at radius 2 is 1.82 bits per heavy atom. The summed E-state index contributed by atoms with van der Waals surface area (Å²) < 4.78 is 0. The standard InChI is InChI=1S/C28H37N3O2/c1-9-24-20(5)12-11-13-26(24)21(6)25(10-2)28(29-19(3)4)30(8)27(33)18-23-14-16-31(17-15-23)22(7)32/h9-13,23H,1-3,14-18H2,4-8H3/b25-21+,29-28?. The van der Waals surface area contributed by atoms with E-state index in [1.54, 1.807) is 24.9 Å². The molecule has 1 fully saturated rings. The van der Waals surface area contributed by atoms with Crippen LogP contribution in [0.15, 0.2) is 60.3 Å². The number of benzene rings is 1. The summed E-state index contributed by atoms with van der Waals surface area (Å²) >= 11 is 0. The second kappa shape index (κ2) is 11.6. The normalized spacial score (nSPS) is 15.5. The van der Waals surface area contributed by atoms with Gasteiger partial charge in [0.15, 0.2) is 0 Å². The molecule has 5 heteroatoms. The second-order valence-electron chi connectivity index (χ2n) is 8.76. The molecule has 176 valence electrons. The molecule has 0 aromatic heterocycles. The summed E-state index contributed by atoms with van der Waals surface area (Å²) in [4.78, 5) is 33.0. The lowest BCUT2D eigenvalue weighted by Crippen LogP contribution is -2.40. The van der Waals surface area contributed by atoms with Crippen molar-refractivity contribution in [1.82, 2.24) is 9.80 Å². The van der Waals surface area contributed by atoms with Gasteiger partial charge in [-0.1, -0.05) is 50.1 Å². The highest BCUT2D eigenvalue weighted by molar-refractivity contribution is 6.13. The maximum Gasteiger partial charge on any atom is 0.228 e. The zero-order valence-electron chi connectivity index (χ0n) is 20.8. The third-order valence-electron chi connectivity index (χ3n) is 6.29. The average Bonchev–Trinajstić information content (AvgIpc) is 2.78. The van der Waals surface area contributed by atoms with Crippen LogP contribution in [0.4, 0.5) is 0 Å². The van der Waals surface area contributed by atoms with E-state index >= 15 is 0 Å². The van der Waals surface area contributed by atoms with Crippen molar-refractivity contribution in [2.75, 3.05) is 20.1 Å². The molecule has 5 nitrogen and oxygen atoms in total. The van der Waals surface area contributed by atoms with Gasteiger partial charge in [-0.3, -0.25) is 14.5 Å². The maximum absolute atomic E-state index is 13.3. The highest BCUT2D eigenvalue weighted by atomic mass is 16.2. The molecule has 0 spiro atoms. The first kappa shape index (κ1) is 26.0. The van der Waals surface area contributed by atoms with Crippen LogP contribution in [0.1, 0.15) is 56.7 Å². The first-order chi connectivity index (χ1) is 15.6. The molecule has 0 unspecified atom stereocenters. The number of amides is 2. The van der Waals surface area contributed by atoms with E-state index in [2.05, 4.69) is 37.7 Å². The number of rotatable bonds is 7. The number of carbonyl (C=O) groups is 2. The zero-order valence-corrected chi connectivity index (χ0v) is 20.8. The predicted molar refractivity (Wildman–Crippen MR) is 139 cm³/mol. The van der Waals surface area contributed by atoms with Gasteiger partial charge in [0.25, 0.3) is 0 Å². The van der Waals surface area contributed by atoms with Gasteiger partial charge >= 0.3 is 0 Å². The van der Waals surface area contributed by atoms with Gasteiger partial charge < -0.3 is 4.90 Å². The topological polar surface area (TPSA) is 53.0 Å². The zero-order chi connectivity index (χ0) is 24.7. The number of allylic oxidation sites excluding steroid dienone is 2. The van der Waals surface area contributed by atoms with Crippen LogP contribution in [-0.4, -0.2) is 47.6 Å². The van der Waals surface area contributed by atoms with Crippen LogP contribution in [0.5, 0.6) is 0 Å². The molecule has 1 aromatic rings. The summed E-state index contributed by atoms with van der Waals surface area (Å²) in [5.74, 6) is 0.886. The Morgan fingerprint density at radius 3 is 2.33 bits per heavy atom. The summed E-state index contributed by atoms with van der Waals surface area (Å²) in [5, 5.41) is 0. The van der Waals surface area contributed by atoms with Gasteiger partial charge in [0.1, 0.15) is 5.84 Å². The fourth-order valence-electron chi connectivity index (χ4n) is 4.29. The third-order valence-corrected chi connectivity index (χ3v) is 6.29. The van der Waals surface area contributed by atoms with E-state index in [0.29, 0.717) is 31.0 Å². The van der Waals surface area contributed by atoms with Gasteiger partial charge in [0.2, 0.25) is 11.8 Å². The van der Waals surface area contributed by atoms with Crippen LogP contribution < -0.4 is 0 Å². The minimum absolute atomic E-state index is 0.00314. The van der Waals surface area contributed by atoms with Crippen LogP contribution in [0.2, 0.25) is 0 Å². The van der Waals surface area contributed by atoms with Crippen molar-refractivity contribution in [2.45, 2.75) is 47.0 Å². The summed E-state index contributed by atoms with van der Waals surface area (Å²) in [7, 11) is 1.76. The first-order valence-corrected chi connectivity index (χ1v) is 11.4. The van der Waals surface area contributed by atoms with Crippen molar-refractivity contribution in [3.05, 3.63) is 72.0 Å². The van der Waals surface area contributed by atoms with E-state index in [-0.39, 0.29) is 17.7 Å². The smallest absolute Gasteiger partial charge is 0.228 e. The van der Waals surface area contributed by atoms with E-state index in [9.17, 15) is 9.59 Å². The molecular formula is C28H37N3O2. The minimum atomic E-state index is -0.00314. The highest BCUT2D eigenvalue weighted by Crippen LogP contribution is 2.28. The molecular weight excluding hydrogens is 410 g/mol. The van der Waals surface area contributed by atoms with E-state index in [0.717, 1.165) is 40.7 Å². The largest absolute Gasteiger partial charge is 0.343 e. The number of aryl methyl sites for hydroxylation is 1. The number of carbonyl (C=O) groups excluding carboxylic acids is 2. The quantitative estimate of drug-likeness (QED) is 0.309. The molecule has 1 aromatic carbocycles. The summed E-state index contributed by atoms with van der Waals surface area (Å²) in [5.41, 5.74) is 5.58. The van der Waals surface area contributed by atoms with Gasteiger partial charge in [-0.25, -0.2) is 4.99 Å². The molecule has 2 rings (SSSR count). The Kier molecular flexibility index (Phi) is 9.15. The van der Waals surface area contributed by atoms with E-state index in [4.69, 9.17) is 0 Å². The number of nitrogens with zero attached hydrogens (tertiary/aromatic N) is 3. The number of likely N-dealkylation sites (N-methyl/N-ethyl adjacent to an activating group) is 1. The van der Waals surface area contributed by atoms with Gasteiger partial charge in [-0.15, -0.1) is 0 Å². The van der Waals surface area contributed by atoms with Crippen LogP contribution in [0.25, 0.3) is 11.6 Å². The van der Waals surface area contributed by atoms with Crippen molar-refractivity contribution in [3.8, 4) is 0 Å². The fraction of sp³-hybridized carbons (Fsp3) is 0.393. The van der Waals surface area contributed by atoms with Crippen molar-refractivity contribution in [2.24, 2.45) is 10.9 Å². The van der Waals surface area contributed by atoms with Crippen LogP contribution >= 0.6 is 0 Å². The minimum Gasteiger partial charge on any atom is -0.343 e. The average molecular weight is 448 g/mol. The molecule has 0 atom stereocenters. The Morgan fingerprint density at radius 1 is 1.18 bits per heavy atom. The van der Waals surface area contributed by atoms with Crippen LogP contribution in [-0.2, 0) is 9.59 Å². The summed E-state index contributed by atoms with van der Waals surface area (Å²) in [6.07, 6.45) is 5.69. The monoisotopic (exact) mass is 447 g/mol. The van der Waals surface area contributed by atoms with Gasteiger partial charge in [-0.2, -0.15) is 0 Å². The molecule has 1 aliphatic rings. The maximum atomic E-state index is 13.3. The lowest BCUT2D eigenvalue weighted by Gasteiger charge is -2.32. The van der Waals surface area contributed by atoms with Gasteiger partial charge in [0, 0.05) is 44.8 Å². The predicted octanol–water partition coefficient (Wildman–Crippen LogP) is 5.64. The lowest BCUT2D eigenvalue weighted by molar-refractivity contribution is -0.130. The Balaban J connectivity index is 2.37. The molecule has 33 heavy (non-hydrogen) atoms. The van der Waals surface area contributed by atoms with Crippen molar-refractivity contribution < 1.29 is 9.59 Å². The van der Waals surface area contributed by atoms with Gasteiger partial charge in [-0.05, 0) is 61.8 Å². The van der Waals surface area contributed by atoms with E-state index in [1.165, 1.54) is 0 Å². The number of piperidine rings is 1. The molecule has 0 aliphatic carbocycles. The highest BCUT2D eigenvalue weighted by Gasteiger charge is 2.26. The van der Waals surface area contributed by atoms with Gasteiger partial charge in [0.05, 0.1) is 0 Å². The number of likely N-dealkylation sites (tertiary alicyclic amines) is 1. The van der Waals surface area contributed by atoms with Crippen LogP contribution in [0, 0.1) is 12.8 Å².